The number of aromatic nitrogens is 3. The molecule has 2 aliphatic rings. The van der Waals surface area contributed by atoms with Crippen LogP contribution in [0.4, 0.5) is 5.95 Å². The number of thiazole rings is 1. The summed E-state index contributed by atoms with van der Waals surface area (Å²) in [5.74, 6) is 1.75. The second-order valence-electron chi connectivity index (χ2n) is 9.11. The second-order valence-corrected chi connectivity index (χ2v) is 10.2. The molecule has 7 nitrogen and oxygen atoms in total. The summed E-state index contributed by atoms with van der Waals surface area (Å²) < 4.78 is 5.65. The molecule has 4 heterocycles. The van der Waals surface area contributed by atoms with Gasteiger partial charge in [0.2, 0.25) is 5.95 Å². The molecular formula is C25H34N6OS. The van der Waals surface area contributed by atoms with Gasteiger partial charge < -0.3 is 9.64 Å². The Kier molecular flexibility index (Phi) is 6.76. The van der Waals surface area contributed by atoms with E-state index < -0.39 is 0 Å². The molecule has 0 amide bonds. The van der Waals surface area contributed by atoms with Gasteiger partial charge in [0.1, 0.15) is 5.75 Å². The van der Waals surface area contributed by atoms with Crippen molar-refractivity contribution >= 4 is 28.2 Å². The number of aryl methyl sites for hydroxylation is 2. The van der Waals surface area contributed by atoms with E-state index in [0.717, 1.165) is 79.1 Å². The number of piperazine rings is 1. The number of hydrogen-bond acceptors (Lipinski definition) is 8. The van der Waals surface area contributed by atoms with E-state index in [9.17, 15) is 0 Å². The van der Waals surface area contributed by atoms with Gasteiger partial charge in [-0.25, -0.2) is 15.0 Å². The third-order valence-corrected chi connectivity index (χ3v) is 7.70. The molecular weight excluding hydrogens is 432 g/mol. The summed E-state index contributed by atoms with van der Waals surface area (Å²) in [5, 5.41) is 4.44. The van der Waals surface area contributed by atoms with Gasteiger partial charge in [-0.1, -0.05) is 0 Å². The molecule has 0 aliphatic carbocycles. The molecule has 2 aromatic heterocycles. The highest BCUT2D eigenvalue weighted by Gasteiger charge is 2.28. The minimum atomic E-state index is 0.666. The maximum atomic E-state index is 5.65. The zero-order chi connectivity index (χ0) is 22.8. The minimum absolute atomic E-state index is 0.666. The predicted octanol–water partition coefficient (Wildman–Crippen LogP) is 3.89. The van der Waals surface area contributed by atoms with E-state index in [1.54, 1.807) is 11.3 Å². The van der Waals surface area contributed by atoms with Crippen LogP contribution in [-0.2, 0) is 6.54 Å². The van der Waals surface area contributed by atoms with E-state index in [1.807, 2.05) is 13.0 Å². The minimum Gasteiger partial charge on any atom is -0.494 e. The molecule has 2 aliphatic heterocycles. The Bertz CT molecular complexity index is 1090. The SMILES string of the molecule is CCOc1ccc2nc(N3CCC(N4CCN(Cc5csc(C)n5)CC4)CC3)nc(C)c2c1. The van der Waals surface area contributed by atoms with E-state index >= 15 is 0 Å². The van der Waals surface area contributed by atoms with Gasteiger partial charge in [-0.3, -0.25) is 9.80 Å². The molecule has 1 aromatic carbocycles. The Morgan fingerprint density at radius 3 is 2.48 bits per heavy atom. The summed E-state index contributed by atoms with van der Waals surface area (Å²) >= 11 is 1.75. The first-order chi connectivity index (χ1) is 16.1. The maximum absolute atomic E-state index is 5.65. The maximum Gasteiger partial charge on any atom is 0.226 e. The Labute approximate surface area is 200 Å². The Hall–Kier alpha value is -2.29. The van der Waals surface area contributed by atoms with Gasteiger partial charge in [0.25, 0.3) is 0 Å². The lowest BCUT2D eigenvalue weighted by atomic mass is 10.0. The molecule has 2 saturated heterocycles. The van der Waals surface area contributed by atoms with Crippen molar-refractivity contribution in [3.8, 4) is 5.75 Å². The number of hydrogen-bond donors (Lipinski definition) is 0. The van der Waals surface area contributed by atoms with Crippen LogP contribution in [-0.4, -0.2) is 76.7 Å². The van der Waals surface area contributed by atoms with Gasteiger partial charge in [0, 0.05) is 62.6 Å². The van der Waals surface area contributed by atoms with Gasteiger partial charge in [0.15, 0.2) is 0 Å². The summed E-state index contributed by atoms with van der Waals surface area (Å²) in [6.45, 7) is 14.4. The third-order valence-electron chi connectivity index (χ3n) is 6.88. The highest BCUT2D eigenvalue weighted by atomic mass is 32.1. The number of nitrogens with zero attached hydrogens (tertiary/aromatic N) is 6. The van der Waals surface area contributed by atoms with Crippen molar-refractivity contribution in [2.24, 2.45) is 0 Å². The van der Waals surface area contributed by atoms with Crippen molar-refractivity contribution in [2.45, 2.75) is 46.2 Å². The van der Waals surface area contributed by atoms with Gasteiger partial charge in [-0.2, -0.15) is 0 Å². The third kappa shape index (κ3) is 5.13. The van der Waals surface area contributed by atoms with Gasteiger partial charge in [-0.05, 0) is 51.8 Å². The standard InChI is InChI=1S/C25H34N6OS/c1-4-32-22-5-6-24-23(15-22)18(2)26-25(28-24)31-9-7-21(8-10-31)30-13-11-29(12-14-30)16-20-17-33-19(3)27-20/h5-6,15,17,21H,4,7-14,16H2,1-3H3. The van der Waals surface area contributed by atoms with E-state index in [1.165, 1.54) is 18.5 Å². The largest absolute Gasteiger partial charge is 0.494 e. The van der Waals surface area contributed by atoms with Gasteiger partial charge in [0.05, 0.1) is 28.5 Å². The lowest BCUT2D eigenvalue weighted by molar-refractivity contribution is 0.0805. The van der Waals surface area contributed by atoms with Crippen molar-refractivity contribution in [2.75, 3.05) is 50.8 Å². The average molecular weight is 467 g/mol. The van der Waals surface area contributed by atoms with Crippen LogP contribution in [0, 0.1) is 13.8 Å². The van der Waals surface area contributed by atoms with E-state index in [4.69, 9.17) is 14.7 Å². The van der Waals surface area contributed by atoms with Gasteiger partial charge in [-0.15, -0.1) is 11.3 Å². The molecule has 0 atom stereocenters. The summed E-state index contributed by atoms with van der Waals surface area (Å²) in [6.07, 6.45) is 2.35. The Balaban J connectivity index is 1.16. The van der Waals surface area contributed by atoms with Crippen LogP contribution >= 0.6 is 11.3 Å². The number of benzene rings is 1. The van der Waals surface area contributed by atoms with Crippen LogP contribution in [0.5, 0.6) is 5.75 Å². The van der Waals surface area contributed by atoms with Crippen LogP contribution in [0.25, 0.3) is 10.9 Å². The molecule has 8 heteroatoms. The molecule has 0 N–H and O–H groups in total. The highest BCUT2D eigenvalue weighted by Crippen LogP contribution is 2.26. The van der Waals surface area contributed by atoms with E-state index in [-0.39, 0.29) is 0 Å². The normalized spacial score (nSPS) is 18.8. The average Bonchev–Trinajstić information content (AvgIpc) is 3.24. The van der Waals surface area contributed by atoms with Crippen LogP contribution in [0.15, 0.2) is 23.6 Å². The number of ether oxygens (including phenoxy) is 1. The summed E-state index contributed by atoms with van der Waals surface area (Å²) in [7, 11) is 0. The zero-order valence-electron chi connectivity index (χ0n) is 20.0. The van der Waals surface area contributed by atoms with Gasteiger partial charge >= 0.3 is 0 Å². The highest BCUT2D eigenvalue weighted by molar-refractivity contribution is 7.09. The van der Waals surface area contributed by atoms with Crippen molar-refractivity contribution in [3.05, 3.63) is 40.0 Å². The van der Waals surface area contributed by atoms with Crippen LogP contribution in [0.3, 0.4) is 0 Å². The number of rotatable bonds is 6. The van der Waals surface area contributed by atoms with E-state index in [0.29, 0.717) is 12.6 Å². The molecule has 0 unspecified atom stereocenters. The van der Waals surface area contributed by atoms with Crippen LogP contribution in [0.2, 0.25) is 0 Å². The number of fused-ring (bicyclic) bond motifs is 1. The fourth-order valence-electron chi connectivity index (χ4n) is 5.07. The second kappa shape index (κ2) is 9.91. The molecule has 5 rings (SSSR count). The summed E-state index contributed by atoms with van der Waals surface area (Å²) in [6, 6.07) is 6.78. The lowest BCUT2D eigenvalue weighted by Gasteiger charge is -2.42. The molecule has 176 valence electrons. The van der Waals surface area contributed by atoms with Crippen molar-refractivity contribution in [3.63, 3.8) is 0 Å². The first-order valence-corrected chi connectivity index (χ1v) is 13.0. The predicted molar refractivity (Wildman–Crippen MR) is 134 cm³/mol. The molecule has 0 radical (unpaired) electrons. The monoisotopic (exact) mass is 466 g/mol. The quantitative estimate of drug-likeness (QED) is 0.546. The smallest absolute Gasteiger partial charge is 0.226 e. The number of anilines is 1. The lowest BCUT2D eigenvalue weighted by Crippen LogP contribution is -2.53. The fourth-order valence-corrected chi connectivity index (χ4v) is 5.67. The van der Waals surface area contributed by atoms with Crippen LogP contribution in [0.1, 0.15) is 36.2 Å². The first kappa shape index (κ1) is 22.5. The van der Waals surface area contributed by atoms with Crippen molar-refractivity contribution < 1.29 is 4.74 Å². The van der Waals surface area contributed by atoms with Crippen LogP contribution < -0.4 is 9.64 Å². The van der Waals surface area contributed by atoms with E-state index in [2.05, 4.69) is 51.0 Å². The summed E-state index contributed by atoms with van der Waals surface area (Å²) in [4.78, 5) is 22.0. The molecule has 0 spiro atoms. The fraction of sp³-hybridized carbons (Fsp3) is 0.560. The molecule has 0 bridgehead atoms. The van der Waals surface area contributed by atoms with Crippen molar-refractivity contribution in [1.82, 2.24) is 24.8 Å². The first-order valence-electron chi connectivity index (χ1n) is 12.1. The molecule has 2 fully saturated rings. The molecule has 33 heavy (non-hydrogen) atoms. The molecule has 0 saturated carbocycles. The summed E-state index contributed by atoms with van der Waals surface area (Å²) in [5.41, 5.74) is 3.23. The Morgan fingerprint density at radius 2 is 1.79 bits per heavy atom. The topological polar surface area (TPSA) is 57.6 Å². The zero-order valence-corrected chi connectivity index (χ0v) is 20.8. The Morgan fingerprint density at radius 1 is 1.00 bits per heavy atom. The van der Waals surface area contributed by atoms with Crippen molar-refractivity contribution in [1.29, 1.82) is 0 Å². The number of piperidine rings is 1. The molecule has 3 aromatic rings.